The summed E-state index contributed by atoms with van der Waals surface area (Å²) in [5, 5.41) is -0.0511. The normalized spacial score (nSPS) is 18.0. The van der Waals surface area contributed by atoms with Crippen LogP contribution in [0.3, 0.4) is 0 Å². The quantitative estimate of drug-likeness (QED) is 0.939. The van der Waals surface area contributed by atoms with Gasteiger partial charge in [0.2, 0.25) is 0 Å². The predicted molar refractivity (Wildman–Crippen MR) is 83.0 cm³/mol. The van der Waals surface area contributed by atoms with Gasteiger partial charge < -0.3 is 15.1 Å². The Bertz CT molecular complexity index is 704. The lowest BCUT2D eigenvalue weighted by molar-refractivity contribution is 0.0759. The largest absolute Gasteiger partial charge is 0.440 e. The number of carbonyl (C=O) groups is 1. The number of hydrogen-bond acceptors (Lipinski definition) is 5. The molecule has 1 aliphatic rings. The summed E-state index contributed by atoms with van der Waals surface area (Å²) in [5.41, 5.74) is 6.42. The number of benzene rings is 1. The summed E-state index contributed by atoms with van der Waals surface area (Å²) in [6.45, 7) is 2.68. The third kappa shape index (κ3) is 2.74. The Hall–Kier alpha value is -1.86. The van der Waals surface area contributed by atoms with Gasteiger partial charge in [0, 0.05) is 31.3 Å². The molecule has 1 fully saturated rings. The molecular formula is C15H16FN3O2S. The van der Waals surface area contributed by atoms with E-state index in [1.807, 2.05) is 0 Å². The van der Waals surface area contributed by atoms with Gasteiger partial charge >= 0.3 is 0 Å². The molecule has 22 heavy (non-hydrogen) atoms. The minimum Gasteiger partial charge on any atom is -0.440 e. The topological polar surface area (TPSA) is 72.4 Å². The highest BCUT2D eigenvalue weighted by atomic mass is 32.2. The van der Waals surface area contributed by atoms with Gasteiger partial charge in [-0.15, -0.1) is 11.8 Å². The van der Waals surface area contributed by atoms with Gasteiger partial charge in [-0.05, 0) is 12.1 Å². The number of nitrogens with zero attached hydrogens (tertiary/aromatic N) is 2. The summed E-state index contributed by atoms with van der Waals surface area (Å²) in [7, 11) is 0. The van der Waals surface area contributed by atoms with Gasteiger partial charge in [-0.1, -0.05) is 12.1 Å². The van der Waals surface area contributed by atoms with Gasteiger partial charge in [0.15, 0.2) is 17.3 Å². The van der Waals surface area contributed by atoms with Crippen LogP contribution >= 0.6 is 11.8 Å². The highest BCUT2D eigenvalue weighted by Gasteiger charge is 2.32. The summed E-state index contributed by atoms with van der Waals surface area (Å²) in [4.78, 5) is 18.6. The molecule has 1 saturated heterocycles. The molecule has 1 aromatic carbocycles. The smallest absolute Gasteiger partial charge is 0.277 e. The summed E-state index contributed by atoms with van der Waals surface area (Å²) in [6.07, 6.45) is 0. The maximum Gasteiger partial charge on any atom is 0.277 e. The number of nitrogens with two attached hydrogens (primary N) is 1. The van der Waals surface area contributed by atoms with E-state index < -0.39 is 0 Å². The van der Waals surface area contributed by atoms with Crippen molar-refractivity contribution in [1.29, 1.82) is 0 Å². The molecule has 3 rings (SSSR count). The molecular weight excluding hydrogens is 305 g/mol. The summed E-state index contributed by atoms with van der Waals surface area (Å²) in [5.74, 6) is 0.909. The lowest BCUT2D eigenvalue weighted by Gasteiger charge is -2.21. The Labute approximate surface area is 131 Å². The Kier molecular flexibility index (Phi) is 4.17. The first kappa shape index (κ1) is 15.1. The predicted octanol–water partition coefficient (Wildman–Crippen LogP) is 2.26. The van der Waals surface area contributed by atoms with Crippen LogP contribution in [0.5, 0.6) is 0 Å². The van der Waals surface area contributed by atoms with Gasteiger partial charge in [-0.25, -0.2) is 9.37 Å². The zero-order valence-corrected chi connectivity index (χ0v) is 12.9. The van der Waals surface area contributed by atoms with Crippen molar-refractivity contribution in [1.82, 2.24) is 9.88 Å². The third-order valence-electron chi connectivity index (χ3n) is 3.48. The number of oxazole rings is 1. The van der Waals surface area contributed by atoms with E-state index in [0.717, 1.165) is 5.75 Å². The molecule has 7 heteroatoms. The molecule has 0 spiro atoms. The molecule has 0 saturated carbocycles. The van der Waals surface area contributed by atoms with Crippen molar-refractivity contribution in [3.8, 4) is 11.3 Å². The van der Waals surface area contributed by atoms with Gasteiger partial charge in [0.05, 0.1) is 5.37 Å². The number of halogens is 1. The standard InChI is InChI=1S/C15H16FN3O2S/c1-9-18-13(15(20)19-5-6-22-12(19)8-17)14(21-9)10-3-2-4-11(16)7-10/h2-4,7,12H,5-6,8,17H2,1H3. The number of thioether (sulfide) groups is 1. The molecule has 1 aromatic heterocycles. The van der Waals surface area contributed by atoms with Crippen LogP contribution in [0.1, 0.15) is 16.4 Å². The van der Waals surface area contributed by atoms with Crippen molar-refractivity contribution in [2.24, 2.45) is 5.73 Å². The fraction of sp³-hybridized carbons (Fsp3) is 0.333. The Morgan fingerprint density at radius 2 is 2.41 bits per heavy atom. The highest BCUT2D eigenvalue weighted by Crippen LogP contribution is 2.30. The maximum atomic E-state index is 13.4. The van der Waals surface area contributed by atoms with Crippen molar-refractivity contribution < 1.29 is 13.6 Å². The molecule has 2 aromatic rings. The number of rotatable bonds is 3. The molecule has 1 aliphatic heterocycles. The fourth-order valence-electron chi connectivity index (χ4n) is 2.48. The monoisotopic (exact) mass is 321 g/mol. The van der Waals surface area contributed by atoms with E-state index in [-0.39, 0.29) is 22.8 Å². The van der Waals surface area contributed by atoms with E-state index >= 15 is 0 Å². The van der Waals surface area contributed by atoms with Crippen LogP contribution < -0.4 is 5.73 Å². The molecule has 1 atom stereocenters. The molecule has 0 bridgehead atoms. The van der Waals surface area contributed by atoms with E-state index in [1.165, 1.54) is 12.1 Å². The summed E-state index contributed by atoms with van der Waals surface area (Å²) in [6, 6.07) is 5.94. The van der Waals surface area contributed by atoms with Crippen LogP contribution in [-0.4, -0.2) is 40.0 Å². The first-order chi connectivity index (χ1) is 10.6. The Balaban J connectivity index is 1.99. The minimum absolute atomic E-state index is 0.0511. The van der Waals surface area contributed by atoms with Crippen molar-refractivity contribution in [3.63, 3.8) is 0 Å². The number of hydrogen-bond donors (Lipinski definition) is 1. The van der Waals surface area contributed by atoms with Crippen molar-refractivity contribution >= 4 is 17.7 Å². The minimum atomic E-state index is -0.387. The van der Waals surface area contributed by atoms with Crippen LogP contribution in [0, 0.1) is 12.7 Å². The van der Waals surface area contributed by atoms with Crippen molar-refractivity contribution in [2.45, 2.75) is 12.3 Å². The SMILES string of the molecule is Cc1nc(C(=O)N2CCSC2CN)c(-c2cccc(F)c2)o1. The summed E-state index contributed by atoms with van der Waals surface area (Å²) < 4.78 is 19.0. The average Bonchev–Trinajstić information content (AvgIpc) is 3.12. The number of aromatic nitrogens is 1. The molecule has 2 N–H and O–H groups in total. The molecule has 0 aliphatic carbocycles. The van der Waals surface area contributed by atoms with Gasteiger partial charge in [0.25, 0.3) is 5.91 Å². The van der Waals surface area contributed by atoms with Crippen molar-refractivity contribution in [2.75, 3.05) is 18.8 Å². The van der Waals surface area contributed by atoms with E-state index in [1.54, 1.807) is 35.7 Å². The van der Waals surface area contributed by atoms with Crippen molar-refractivity contribution in [3.05, 3.63) is 41.7 Å². The van der Waals surface area contributed by atoms with Crippen LogP contribution in [0.25, 0.3) is 11.3 Å². The Morgan fingerprint density at radius 1 is 1.59 bits per heavy atom. The zero-order chi connectivity index (χ0) is 15.7. The zero-order valence-electron chi connectivity index (χ0n) is 12.1. The molecule has 1 amide bonds. The van der Waals surface area contributed by atoms with Crippen LogP contribution in [0.15, 0.2) is 28.7 Å². The van der Waals surface area contributed by atoms with E-state index in [4.69, 9.17) is 10.2 Å². The maximum absolute atomic E-state index is 13.4. The lowest BCUT2D eigenvalue weighted by atomic mass is 10.1. The molecule has 5 nitrogen and oxygen atoms in total. The van der Waals surface area contributed by atoms with Crippen LogP contribution in [-0.2, 0) is 0 Å². The second kappa shape index (κ2) is 6.10. The van der Waals surface area contributed by atoms with Gasteiger partial charge in [-0.2, -0.15) is 0 Å². The lowest BCUT2D eigenvalue weighted by Crippen LogP contribution is -2.39. The van der Waals surface area contributed by atoms with E-state index in [2.05, 4.69) is 4.98 Å². The van der Waals surface area contributed by atoms with Crippen LogP contribution in [0.4, 0.5) is 4.39 Å². The van der Waals surface area contributed by atoms with E-state index in [9.17, 15) is 9.18 Å². The molecule has 1 unspecified atom stereocenters. The molecule has 2 heterocycles. The second-order valence-corrected chi connectivity index (χ2v) is 6.27. The first-order valence-electron chi connectivity index (χ1n) is 6.96. The molecule has 0 radical (unpaired) electrons. The van der Waals surface area contributed by atoms with E-state index in [0.29, 0.717) is 30.3 Å². The summed E-state index contributed by atoms with van der Waals surface area (Å²) >= 11 is 1.65. The number of carbonyl (C=O) groups excluding carboxylic acids is 1. The Morgan fingerprint density at radius 3 is 3.14 bits per heavy atom. The van der Waals surface area contributed by atoms with Crippen LogP contribution in [0.2, 0.25) is 0 Å². The molecule has 116 valence electrons. The second-order valence-electron chi connectivity index (χ2n) is 4.98. The first-order valence-corrected chi connectivity index (χ1v) is 8.01. The van der Waals surface area contributed by atoms with Gasteiger partial charge in [0.1, 0.15) is 5.82 Å². The number of amides is 1. The highest BCUT2D eigenvalue weighted by molar-refractivity contribution is 8.00. The van der Waals surface area contributed by atoms with Gasteiger partial charge in [-0.3, -0.25) is 4.79 Å². The fourth-order valence-corrected chi connectivity index (χ4v) is 3.57. The number of aryl methyl sites for hydroxylation is 1. The average molecular weight is 321 g/mol. The third-order valence-corrected chi connectivity index (χ3v) is 4.73.